The second-order valence-electron chi connectivity index (χ2n) is 12.8. The largest absolute Gasteiger partial charge is 0.300 e. The molecule has 228 valence electrons. The van der Waals surface area contributed by atoms with Crippen molar-refractivity contribution in [2.75, 3.05) is 19.6 Å². The molecule has 0 saturated carbocycles. The summed E-state index contributed by atoms with van der Waals surface area (Å²) in [5, 5.41) is 0. The lowest BCUT2D eigenvalue weighted by Crippen LogP contribution is -2.26. The van der Waals surface area contributed by atoms with Crippen LogP contribution < -0.4 is 0 Å². The van der Waals surface area contributed by atoms with Crippen LogP contribution in [0.3, 0.4) is 0 Å². The van der Waals surface area contributed by atoms with Crippen molar-refractivity contribution in [3.05, 3.63) is 11.6 Å². The van der Waals surface area contributed by atoms with Gasteiger partial charge in [0, 0.05) is 6.54 Å². The van der Waals surface area contributed by atoms with Gasteiger partial charge in [-0.2, -0.15) is 0 Å². The Balaban J connectivity index is 3.59. The molecule has 0 aromatic rings. The molecule has 0 aliphatic rings. The van der Waals surface area contributed by atoms with Gasteiger partial charge < -0.3 is 0 Å². The van der Waals surface area contributed by atoms with Gasteiger partial charge in [0.15, 0.2) is 0 Å². The van der Waals surface area contributed by atoms with Gasteiger partial charge in [0.2, 0.25) is 0 Å². The molecule has 0 bridgehead atoms. The van der Waals surface area contributed by atoms with Gasteiger partial charge in [-0.15, -0.1) is 0 Å². The number of hydrogen-bond donors (Lipinski definition) is 0. The van der Waals surface area contributed by atoms with Gasteiger partial charge >= 0.3 is 0 Å². The summed E-state index contributed by atoms with van der Waals surface area (Å²) in [6, 6.07) is 0. The van der Waals surface area contributed by atoms with Crippen LogP contribution in [0.2, 0.25) is 0 Å². The quantitative estimate of drug-likeness (QED) is 0.0613. The third-order valence-corrected chi connectivity index (χ3v) is 8.41. The Hall–Kier alpha value is -0.300. The molecule has 0 aromatic carbocycles. The van der Waals surface area contributed by atoms with E-state index in [0.717, 1.165) is 0 Å². The lowest BCUT2D eigenvalue weighted by atomic mass is 10.0. The van der Waals surface area contributed by atoms with Crippen LogP contribution in [-0.4, -0.2) is 24.5 Å². The smallest absolute Gasteiger partial charge is 0.0165 e. The maximum Gasteiger partial charge on any atom is 0.0165 e. The molecule has 0 aliphatic heterocycles. The molecule has 0 unspecified atom stereocenters. The number of unbranched alkanes of at least 4 members (excludes halogenated alkanes) is 26. The fourth-order valence-corrected chi connectivity index (χ4v) is 5.67. The Kier molecular flexibility index (Phi) is 32.6. The van der Waals surface area contributed by atoms with E-state index in [2.05, 4.69) is 38.7 Å². The highest BCUT2D eigenvalue weighted by molar-refractivity contribution is 4.94. The van der Waals surface area contributed by atoms with Crippen LogP contribution in [0.4, 0.5) is 0 Å². The lowest BCUT2D eigenvalue weighted by molar-refractivity contribution is 0.285. The van der Waals surface area contributed by atoms with E-state index >= 15 is 0 Å². The molecule has 38 heavy (non-hydrogen) atoms. The molecular formula is C37H75N. The number of rotatable bonds is 32. The zero-order valence-corrected chi connectivity index (χ0v) is 27.4. The van der Waals surface area contributed by atoms with E-state index in [-0.39, 0.29) is 0 Å². The van der Waals surface area contributed by atoms with Crippen LogP contribution in [0, 0.1) is 0 Å². The average molecular weight is 534 g/mol. The summed E-state index contributed by atoms with van der Waals surface area (Å²) in [6.45, 7) is 12.9. The first-order valence-corrected chi connectivity index (χ1v) is 18.1. The molecule has 0 rings (SSSR count). The van der Waals surface area contributed by atoms with E-state index < -0.39 is 0 Å². The first-order chi connectivity index (χ1) is 18.7. The van der Waals surface area contributed by atoms with Gasteiger partial charge in [-0.05, 0) is 39.8 Å². The molecule has 0 spiro atoms. The van der Waals surface area contributed by atoms with Crippen molar-refractivity contribution >= 4 is 0 Å². The maximum absolute atomic E-state index is 2.73. The van der Waals surface area contributed by atoms with Gasteiger partial charge in [0.05, 0.1) is 0 Å². The summed E-state index contributed by atoms with van der Waals surface area (Å²) < 4.78 is 0. The van der Waals surface area contributed by atoms with Crippen molar-refractivity contribution in [1.82, 2.24) is 4.90 Å². The zero-order valence-electron chi connectivity index (χ0n) is 27.4. The molecule has 1 nitrogen and oxygen atoms in total. The molecule has 1 heteroatoms. The van der Waals surface area contributed by atoms with Crippen molar-refractivity contribution in [1.29, 1.82) is 0 Å². The number of nitrogens with zero attached hydrogens (tertiary/aromatic N) is 1. The minimum atomic E-state index is 1.17. The summed E-state index contributed by atoms with van der Waals surface area (Å²) >= 11 is 0. The third kappa shape index (κ3) is 31.9. The number of hydrogen-bond acceptors (Lipinski definition) is 1. The van der Waals surface area contributed by atoms with Crippen LogP contribution in [0.1, 0.15) is 207 Å². The van der Waals surface area contributed by atoms with Crippen LogP contribution in [0.5, 0.6) is 0 Å². The van der Waals surface area contributed by atoms with Gasteiger partial charge in [-0.25, -0.2) is 0 Å². The summed E-state index contributed by atoms with van der Waals surface area (Å²) in [6.07, 6.45) is 43.1. The molecule has 0 atom stereocenters. The summed E-state index contributed by atoms with van der Waals surface area (Å²) in [4.78, 5) is 2.73. The molecule has 0 heterocycles. The van der Waals surface area contributed by atoms with Crippen molar-refractivity contribution < 1.29 is 0 Å². The van der Waals surface area contributed by atoms with Crippen LogP contribution >= 0.6 is 0 Å². The lowest BCUT2D eigenvalue weighted by Gasteiger charge is -2.21. The molecule has 0 aliphatic carbocycles. The van der Waals surface area contributed by atoms with E-state index in [1.165, 1.54) is 205 Å². The van der Waals surface area contributed by atoms with Crippen molar-refractivity contribution in [2.24, 2.45) is 0 Å². The standard InChI is InChI=1S/C37H75N/c1-5-7-9-11-13-15-17-19-21-23-25-27-29-31-34-38(36-33-37(3)4)35-32-30-28-26-24-22-20-18-16-14-12-10-8-6-2/h33H,5-32,34-36H2,1-4H3. The Labute approximate surface area is 243 Å². The van der Waals surface area contributed by atoms with Gasteiger partial charge in [-0.1, -0.05) is 192 Å². The fourth-order valence-electron chi connectivity index (χ4n) is 5.67. The highest BCUT2D eigenvalue weighted by Crippen LogP contribution is 2.15. The summed E-state index contributed by atoms with van der Waals surface area (Å²) in [5.41, 5.74) is 1.47. The second kappa shape index (κ2) is 32.9. The Morgan fingerprint density at radius 1 is 0.368 bits per heavy atom. The highest BCUT2D eigenvalue weighted by Gasteiger charge is 2.04. The second-order valence-corrected chi connectivity index (χ2v) is 12.8. The van der Waals surface area contributed by atoms with Gasteiger partial charge in [0.25, 0.3) is 0 Å². The maximum atomic E-state index is 2.73. The minimum absolute atomic E-state index is 1.17. The topological polar surface area (TPSA) is 3.24 Å². The average Bonchev–Trinajstić information content (AvgIpc) is 2.91. The normalized spacial score (nSPS) is 11.5. The molecule has 0 N–H and O–H groups in total. The van der Waals surface area contributed by atoms with Crippen molar-refractivity contribution in [2.45, 2.75) is 207 Å². The van der Waals surface area contributed by atoms with Crippen molar-refractivity contribution in [3.63, 3.8) is 0 Å². The third-order valence-electron chi connectivity index (χ3n) is 8.41. The molecule has 0 fully saturated rings. The van der Waals surface area contributed by atoms with Gasteiger partial charge in [-0.3, -0.25) is 4.90 Å². The molecular weight excluding hydrogens is 458 g/mol. The zero-order chi connectivity index (χ0) is 27.8. The Morgan fingerprint density at radius 3 is 0.842 bits per heavy atom. The Bertz CT molecular complexity index is 418. The minimum Gasteiger partial charge on any atom is -0.300 e. The predicted molar refractivity (Wildman–Crippen MR) is 176 cm³/mol. The molecule has 0 saturated heterocycles. The SMILES string of the molecule is CCCCCCCCCCCCCCCCN(CC=C(C)C)CCCCCCCCCCCCCCCC. The van der Waals surface area contributed by atoms with Crippen molar-refractivity contribution in [3.8, 4) is 0 Å². The molecule has 0 amide bonds. The van der Waals surface area contributed by atoms with E-state index in [4.69, 9.17) is 0 Å². The van der Waals surface area contributed by atoms with E-state index in [0.29, 0.717) is 0 Å². The predicted octanol–water partition coefficient (Wildman–Crippen LogP) is 13.2. The van der Waals surface area contributed by atoms with E-state index in [1.807, 2.05) is 0 Å². The monoisotopic (exact) mass is 534 g/mol. The summed E-state index contributed by atoms with van der Waals surface area (Å²) in [5.74, 6) is 0. The molecule has 0 radical (unpaired) electrons. The van der Waals surface area contributed by atoms with Gasteiger partial charge in [0.1, 0.15) is 0 Å². The van der Waals surface area contributed by atoms with Crippen LogP contribution in [0.15, 0.2) is 11.6 Å². The number of allylic oxidation sites excluding steroid dienone is 1. The fraction of sp³-hybridized carbons (Fsp3) is 0.946. The molecule has 0 aromatic heterocycles. The van der Waals surface area contributed by atoms with E-state index in [9.17, 15) is 0 Å². The van der Waals surface area contributed by atoms with Crippen LogP contribution in [-0.2, 0) is 0 Å². The first kappa shape index (κ1) is 37.7. The highest BCUT2D eigenvalue weighted by atomic mass is 15.1. The first-order valence-electron chi connectivity index (χ1n) is 18.1. The van der Waals surface area contributed by atoms with E-state index in [1.54, 1.807) is 0 Å². The van der Waals surface area contributed by atoms with Crippen LogP contribution in [0.25, 0.3) is 0 Å². The Morgan fingerprint density at radius 2 is 0.605 bits per heavy atom. The summed E-state index contributed by atoms with van der Waals surface area (Å²) in [7, 11) is 0.